The molecule has 0 aromatic heterocycles. The molecule has 0 fully saturated rings. The first-order valence-corrected chi connectivity index (χ1v) is 24.2. The van der Waals surface area contributed by atoms with E-state index < -0.39 is 0 Å². The molecule has 5 nitrogen and oxygen atoms in total. The van der Waals surface area contributed by atoms with Crippen molar-refractivity contribution in [2.45, 2.75) is 215 Å². The molecule has 0 unspecified atom stereocenters. The van der Waals surface area contributed by atoms with E-state index in [2.05, 4.69) is 84.8 Å². The van der Waals surface area contributed by atoms with Gasteiger partial charge in [-0.1, -0.05) is 166 Å². The minimum atomic E-state index is -0.123. The van der Waals surface area contributed by atoms with E-state index in [9.17, 15) is 14.4 Å². The highest BCUT2D eigenvalue weighted by Gasteiger charge is 2.32. The summed E-state index contributed by atoms with van der Waals surface area (Å²) in [6, 6.07) is 0. The van der Waals surface area contributed by atoms with Crippen molar-refractivity contribution >= 4 is 39.7 Å². The summed E-state index contributed by atoms with van der Waals surface area (Å²) < 4.78 is 6.20. The molecule has 0 radical (unpaired) electrons. The van der Waals surface area contributed by atoms with Crippen LogP contribution in [0.2, 0.25) is 0 Å². The zero-order valence-corrected chi connectivity index (χ0v) is 38.4. The van der Waals surface area contributed by atoms with Gasteiger partial charge in [0.05, 0.1) is 6.42 Å². The quantitative estimate of drug-likeness (QED) is 0.0352. The molecule has 7 heteroatoms. The molecule has 0 amide bonds. The van der Waals surface area contributed by atoms with Crippen LogP contribution in [0.3, 0.4) is 0 Å². The Hall–Kier alpha value is -1.05. The van der Waals surface area contributed by atoms with E-state index in [1.165, 1.54) is 74.9 Å². The fourth-order valence-corrected chi connectivity index (χ4v) is 9.08. The number of hydrogen-bond donors (Lipinski definition) is 0. The van der Waals surface area contributed by atoms with Crippen LogP contribution >= 0.6 is 23.5 Å². The van der Waals surface area contributed by atoms with Gasteiger partial charge in [0, 0.05) is 30.9 Å². The number of thioether (sulfide) groups is 2. The maximum absolute atomic E-state index is 13.3. The number of carbonyl (C=O) groups is 3. The first kappa shape index (κ1) is 53.0. The lowest BCUT2D eigenvalue weighted by molar-refractivity contribution is -0.152. The van der Waals surface area contributed by atoms with Crippen LogP contribution < -0.4 is 0 Å². The van der Waals surface area contributed by atoms with Crippen molar-refractivity contribution in [3.05, 3.63) is 24.3 Å². The second-order valence-electron chi connectivity index (χ2n) is 17.7. The number of nitrogens with zero attached hydrogens (tertiary/aromatic N) is 1. The molecule has 0 atom stereocenters. The molecule has 0 aliphatic rings. The Kier molecular flexibility index (Phi) is 34.5. The van der Waals surface area contributed by atoms with Crippen molar-refractivity contribution < 1.29 is 19.1 Å². The van der Waals surface area contributed by atoms with Gasteiger partial charge in [0.2, 0.25) is 0 Å². The normalized spacial score (nSPS) is 13.1. The number of esters is 1. The summed E-state index contributed by atoms with van der Waals surface area (Å²) in [7, 11) is 4.22. The third-order valence-electron chi connectivity index (χ3n) is 9.90. The maximum atomic E-state index is 13.3. The standard InChI is InChI=1S/C47H87NO4S2/c1-9-11-13-15-17-25-31-37-53-44(50)35-29-23-19-21-27-33-42(52-43(49)39-46(3,4)40-47(5,6)41-48(7)8)34-28-22-20-24-30-36-45(51)54-38-32-26-18-16-14-12-10-2/h25-26,31-32,42H,9-24,27-30,33-41H2,1-8H3. The van der Waals surface area contributed by atoms with Crippen LogP contribution in [0, 0.1) is 10.8 Å². The minimum Gasteiger partial charge on any atom is -0.462 e. The molecule has 0 aromatic rings. The maximum Gasteiger partial charge on any atom is 0.306 e. The van der Waals surface area contributed by atoms with E-state index in [4.69, 9.17) is 4.74 Å². The summed E-state index contributed by atoms with van der Waals surface area (Å²) in [5.74, 6) is 1.54. The molecular formula is C47H87NO4S2. The second-order valence-corrected chi connectivity index (χ2v) is 19.8. The number of unbranched alkanes of at least 4 members (excludes halogenated alkanes) is 16. The molecule has 0 saturated carbocycles. The number of hydrogen-bond acceptors (Lipinski definition) is 7. The lowest BCUT2D eigenvalue weighted by Gasteiger charge is -2.36. The van der Waals surface area contributed by atoms with E-state index in [0.717, 1.165) is 114 Å². The van der Waals surface area contributed by atoms with Crippen LogP contribution in [0.25, 0.3) is 0 Å². The molecule has 0 rings (SSSR count). The molecule has 54 heavy (non-hydrogen) atoms. The summed E-state index contributed by atoms with van der Waals surface area (Å²) in [6.45, 7) is 14.4. The van der Waals surface area contributed by atoms with Crippen molar-refractivity contribution in [2.75, 3.05) is 32.1 Å². The highest BCUT2D eigenvalue weighted by atomic mass is 32.2. The average molecular weight is 794 g/mol. The van der Waals surface area contributed by atoms with Crippen LogP contribution in [0.4, 0.5) is 0 Å². The smallest absolute Gasteiger partial charge is 0.306 e. The van der Waals surface area contributed by atoms with Gasteiger partial charge in [0.15, 0.2) is 10.2 Å². The minimum absolute atomic E-state index is 0.0292. The molecule has 0 spiro atoms. The predicted molar refractivity (Wildman–Crippen MR) is 241 cm³/mol. The third-order valence-corrected chi connectivity index (χ3v) is 11.7. The zero-order chi connectivity index (χ0) is 40.3. The summed E-state index contributed by atoms with van der Waals surface area (Å²) in [5, 5.41) is 0.625. The van der Waals surface area contributed by atoms with Crippen LogP contribution in [-0.4, -0.2) is 59.3 Å². The SMILES string of the molecule is CCCCCCC=CCSC(=O)CCCCCCCC(CCCCCCCC(=O)SCC=CCCCCCC)OC(=O)CC(C)(C)CC(C)(C)CN(C)C. The van der Waals surface area contributed by atoms with Crippen molar-refractivity contribution in [1.29, 1.82) is 0 Å². The predicted octanol–water partition coefficient (Wildman–Crippen LogP) is 14.3. The zero-order valence-electron chi connectivity index (χ0n) is 36.8. The van der Waals surface area contributed by atoms with Crippen LogP contribution in [0.1, 0.15) is 208 Å². The largest absolute Gasteiger partial charge is 0.462 e. The highest BCUT2D eigenvalue weighted by Crippen LogP contribution is 2.37. The van der Waals surface area contributed by atoms with E-state index in [0.29, 0.717) is 29.5 Å². The number of ether oxygens (including phenoxy) is 1. The summed E-state index contributed by atoms with van der Waals surface area (Å²) in [5.41, 5.74) is -0.00384. The van der Waals surface area contributed by atoms with Crippen LogP contribution in [0.15, 0.2) is 24.3 Å². The number of carbonyl (C=O) groups excluding carboxylic acids is 3. The first-order chi connectivity index (χ1) is 25.8. The van der Waals surface area contributed by atoms with Gasteiger partial charge < -0.3 is 9.64 Å². The Morgan fingerprint density at radius 2 is 1.00 bits per heavy atom. The van der Waals surface area contributed by atoms with Gasteiger partial charge in [-0.15, -0.1) is 0 Å². The van der Waals surface area contributed by atoms with Crippen molar-refractivity contribution in [3.8, 4) is 0 Å². The average Bonchev–Trinajstić information content (AvgIpc) is 3.08. The van der Waals surface area contributed by atoms with E-state index in [-0.39, 0.29) is 22.9 Å². The Morgan fingerprint density at radius 3 is 1.44 bits per heavy atom. The highest BCUT2D eigenvalue weighted by molar-refractivity contribution is 8.14. The Morgan fingerprint density at radius 1 is 0.574 bits per heavy atom. The van der Waals surface area contributed by atoms with Crippen molar-refractivity contribution in [3.63, 3.8) is 0 Å². The van der Waals surface area contributed by atoms with Crippen molar-refractivity contribution in [1.82, 2.24) is 4.90 Å². The lowest BCUT2D eigenvalue weighted by Crippen LogP contribution is -2.34. The molecule has 0 N–H and O–H groups in total. The molecule has 0 saturated heterocycles. The van der Waals surface area contributed by atoms with Crippen LogP contribution in [0.5, 0.6) is 0 Å². The van der Waals surface area contributed by atoms with Gasteiger partial charge >= 0.3 is 5.97 Å². The first-order valence-electron chi connectivity index (χ1n) is 22.3. The number of allylic oxidation sites excluding steroid dienone is 2. The molecular weight excluding hydrogens is 707 g/mol. The monoisotopic (exact) mass is 794 g/mol. The topological polar surface area (TPSA) is 63.7 Å². The Balaban J connectivity index is 4.57. The fraction of sp³-hybridized carbons (Fsp3) is 0.851. The molecule has 316 valence electrons. The second kappa shape index (κ2) is 35.1. The van der Waals surface area contributed by atoms with Gasteiger partial charge in [-0.05, 0) is 95.6 Å². The van der Waals surface area contributed by atoms with Gasteiger partial charge in [0.25, 0.3) is 0 Å². The summed E-state index contributed by atoms with van der Waals surface area (Å²) in [6.07, 6.45) is 36.5. The third kappa shape index (κ3) is 36.6. The summed E-state index contributed by atoms with van der Waals surface area (Å²) in [4.78, 5) is 40.1. The Bertz CT molecular complexity index is 938. The van der Waals surface area contributed by atoms with Gasteiger partial charge in [-0.25, -0.2) is 0 Å². The summed E-state index contributed by atoms with van der Waals surface area (Å²) >= 11 is 2.92. The lowest BCUT2D eigenvalue weighted by atomic mass is 9.73. The molecule has 0 aliphatic heterocycles. The molecule has 0 aromatic carbocycles. The van der Waals surface area contributed by atoms with Gasteiger partial charge in [-0.2, -0.15) is 0 Å². The molecule has 0 heterocycles. The van der Waals surface area contributed by atoms with Gasteiger partial charge in [-0.3, -0.25) is 14.4 Å². The van der Waals surface area contributed by atoms with E-state index in [1.54, 1.807) is 0 Å². The van der Waals surface area contributed by atoms with E-state index in [1.807, 2.05) is 0 Å². The molecule has 0 aliphatic carbocycles. The van der Waals surface area contributed by atoms with E-state index >= 15 is 0 Å². The molecule has 0 bridgehead atoms. The van der Waals surface area contributed by atoms with Gasteiger partial charge in [0.1, 0.15) is 6.10 Å². The number of rotatable bonds is 37. The fourth-order valence-electron chi connectivity index (χ4n) is 7.67. The van der Waals surface area contributed by atoms with Crippen LogP contribution in [-0.2, 0) is 19.1 Å². The van der Waals surface area contributed by atoms with Crippen molar-refractivity contribution in [2.24, 2.45) is 10.8 Å². The Labute approximate surface area is 344 Å².